The Labute approximate surface area is 228 Å². The molecule has 0 radical (unpaired) electrons. The number of ether oxygens (including phenoxy) is 2. The lowest BCUT2D eigenvalue weighted by Gasteiger charge is -2.20. The smallest absolute Gasteiger partial charge is 0.528 e. The van der Waals surface area contributed by atoms with Crippen LogP contribution >= 0.6 is 0 Å². The summed E-state index contributed by atoms with van der Waals surface area (Å²) in [5.41, 5.74) is 0.0301. The standard InChI is InChI=1S/C30H33BN2O6/c1-29(2,3)36-27(34)32-23-15-17-25(21-13-9-7-11-19(21)23)38-31-39-26-18-16-24(20-12-8-10-14-22(20)26)33-28(35)37-30(4,5)6/h7-18,31H,1-6H3,(H,32,34)(H,33,35). The van der Waals surface area contributed by atoms with Crippen molar-refractivity contribution >= 4 is 52.8 Å². The molecular weight excluding hydrogens is 495 g/mol. The minimum absolute atomic E-state index is 0.0499. The summed E-state index contributed by atoms with van der Waals surface area (Å²) in [6.07, 6.45) is -1.05. The van der Waals surface area contributed by atoms with Crippen LogP contribution in [0, 0.1) is 0 Å². The molecule has 0 unspecified atom stereocenters. The van der Waals surface area contributed by atoms with Gasteiger partial charge >= 0.3 is 19.9 Å². The van der Waals surface area contributed by atoms with Gasteiger partial charge < -0.3 is 18.8 Å². The van der Waals surface area contributed by atoms with Gasteiger partial charge in [-0.3, -0.25) is 10.6 Å². The van der Waals surface area contributed by atoms with Crippen molar-refractivity contribution in [1.82, 2.24) is 0 Å². The first kappa shape index (κ1) is 27.6. The molecule has 8 nitrogen and oxygen atoms in total. The van der Waals surface area contributed by atoms with Crippen LogP contribution in [-0.2, 0) is 9.47 Å². The Bertz CT molecular complexity index is 1390. The molecule has 0 aliphatic carbocycles. The van der Waals surface area contributed by atoms with Crippen molar-refractivity contribution in [2.45, 2.75) is 52.7 Å². The molecular formula is C30H33BN2O6. The maximum Gasteiger partial charge on any atom is 0.576 e. The number of carbonyl (C=O) groups is 2. The second-order valence-corrected chi connectivity index (χ2v) is 11.0. The summed E-state index contributed by atoms with van der Waals surface area (Å²) in [7, 11) is -0.0499. The first-order chi connectivity index (χ1) is 18.4. The number of hydrogen-bond acceptors (Lipinski definition) is 6. The van der Waals surface area contributed by atoms with Crippen LogP contribution in [0.1, 0.15) is 41.5 Å². The van der Waals surface area contributed by atoms with Crippen molar-refractivity contribution in [2.24, 2.45) is 0 Å². The van der Waals surface area contributed by atoms with Crippen molar-refractivity contribution in [2.75, 3.05) is 10.6 Å². The minimum atomic E-state index is -0.603. The van der Waals surface area contributed by atoms with Crippen molar-refractivity contribution in [1.29, 1.82) is 0 Å². The first-order valence-electron chi connectivity index (χ1n) is 12.7. The molecule has 202 valence electrons. The highest BCUT2D eigenvalue weighted by Gasteiger charge is 2.19. The van der Waals surface area contributed by atoms with Gasteiger partial charge in [-0.2, -0.15) is 0 Å². The lowest BCUT2D eigenvalue weighted by Crippen LogP contribution is -2.27. The van der Waals surface area contributed by atoms with Gasteiger partial charge in [-0.05, 0) is 65.8 Å². The average molecular weight is 528 g/mol. The highest BCUT2D eigenvalue weighted by Crippen LogP contribution is 2.34. The van der Waals surface area contributed by atoms with E-state index in [2.05, 4.69) is 10.6 Å². The molecule has 0 atom stereocenters. The molecule has 0 heterocycles. The number of amides is 2. The number of hydrogen-bond donors (Lipinski definition) is 2. The summed E-state index contributed by atoms with van der Waals surface area (Å²) < 4.78 is 22.8. The van der Waals surface area contributed by atoms with E-state index < -0.39 is 23.4 Å². The van der Waals surface area contributed by atoms with E-state index in [0.29, 0.717) is 22.9 Å². The molecule has 0 saturated heterocycles. The molecule has 0 spiro atoms. The lowest BCUT2D eigenvalue weighted by atomic mass is 10.1. The maximum absolute atomic E-state index is 12.3. The number of carbonyl (C=O) groups excluding carboxylic acids is 2. The fourth-order valence-electron chi connectivity index (χ4n) is 4.00. The predicted octanol–water partition coefficient (Wildman–Crippen LogP) is 7.41. The second-order valence-electron chi connectivity index (χ2n) is 11.0. The molecule has 0 aliphatic rings. The molecule has 0 fully saturated rings. The number of benzene rings is 4. The van der Waals surface area contributed by atoms with E-state index in [1.165, 1.54) is 0 Å². The Morgan fingerprint density at radius 1 is 0.564 bits per heavy atom. The zero-order valence-electron chi connectivity index (χ0n) is 23.1. The topological polar surface area (TPSA) is 95.1 Å². The van der Waals surface area contributed by atoms with E-state index in [1.54, 1.807) is 24.3 Å². The van der Waals surface area contributed by atoms with E-state index >= 15 is 0 Å². The summed E-state index contributed by atoms with van der Waals surface area (Å²) in [5, 5.41) is 8.88. The Kier molecular flexibility index (Phi) is 7.90. The minimum Gasteiger partial charge on any atom is -0.528 e. The van der Waals surface area contributed by atoms with Crippen LogP contribution in [0.4, 0.5) is 21.0 Å². The van der Waals surface area contributed by atoms with Gasteiger partial charge in [0.25, 0.3) is 0 Å². The second kappa shape index (κ2) is 11.1. The molecule has 0 saturated carbocycles. The monoisotopic (exact) mass is 528 g/mol. The maximum atomic E-state index is 12.3. The molecule has 0 aliphatic heterocycles. The third-order valence-corrected chi connectivity index (χ3v) is 5.47. The van der Waals surface area contributed by atoms with Crippen LogP contribution in [0.2, 0.25) is 0 Å². The Morgan fingerprint density at radius 2 is 0.923 bits per heavy atom. The number of fused-ring (bicyclic) bond motifs is 2. The third-order valence-electron chi connectivity index (χ3n) is 5.47. The first-order valence-corrected chi connectivity index (χ1v) is 12.7. The fourth-order valence-corrected chi connectivity index (χ4v) is 4.00. The zero-order chi connectivity index (χ0) is 28.2. The number of rotatable bonds is 6. The summed E-state index contributed by atoms with van der Waals surface area (Å²) in [6, 6.07) is 22.3. The SMILES string of the molecule is CC(C)(C)OC(=O)Nc1ccc(OBOc2ccc(NC(=O)OC(C)(C)C)c3ccccc23)c2ccccc12. The normalized spacial score (nSPS) is 11.5. The predicted molar refractivity (Wildman–Crippen MR) is 156 cm³/mol. The van der Waals surface area contributed by atoms with Crippen LogP contribution in [-0.4, -0.2) is 31.1 Å². The van der Waals surface area contributed by atoms with Crippen molar-refractivity contribution < 1.29 is 28.4 Å². The quantitative estimate of drug-likeness (QED) is 0.253. The van der Waals surface area contributed by atoms with Gasteiger partial charge in [-0.25, -0.2) is 9.59 Å². The molecule has 4 aromatic carbocycles. The van der Waals surface area contributed by atoms with Gasteiger partial charge in [0, 0.05) is 21.5 Å². The lowest BCUT2D eigenvalue weighted by molar-refractivity contribution is 0.0625. The van der Waals surface area contributed by atoms with Crippen LogP contribution in [0.15, 0.2) is 72.8 Å². The van der Waals surface area contributed by atoms with E-state index in [1.807, 2.05) is 90.1 Å². The van der Waals surface area contributed by atoms with Crippen molar-refractivity contribution in [3.8, 4) is 11.5 Å². The van der Waals surface area contributed by atoms with Crippen LogP contribution in [0.25, 0.3) is 21.5 Å². The summed E-state index contributed by atoms with van der Waals surface area (Å²) in [6.45, 7) is 10.9. The highest BCUT2D eigenvalue weighted by molar-refractivity contribution is 6.22. The molecule has 9 heteroatoms. The zero-order valence-corrected chi connectivity index (χ0v) is 23.1. The van der Waals surface area contributed by atoms with E-state index in [4.69, 9.17) is 18.8 Å². The van der Waals surface area contributed by atoms with Gasteiger partial charge in [0.1, 0.15) is 22.7 Å². The van der Waals surface area contributed by atoms with E-state index in [9.17, 15) is 9.59 Å². The van der Waals surface area contributed by atoms with E-state index in [0.717, 1.165) is 21.5 Å². The van der Waals surface area contributed by atoms with Crippen LogP contribution < -0.4 is 19.9 Å². The number of nitrogens with one attached hydrogen (secondary N) is 2. The van der Waals surface area contributed by atoms with Crippen LogP contribution in [0.3, 0.4) is 0 Å². The van der Waals surface area contributed by atoms with Gasteiger partial charge in [-0.15, -0.1) is 0 Å². The summed E-state index contributed by atoms with van der Waals surface area (Å²) >= 11 is 0. The molecule has 4 rings (SSSR count). The van der Waals surface area contributed by atoms with Crippen molar-refractivity contribution in [3.63, 3.8) is 0 Å². The number of anilines is 2. The third kappa shape index (κ3) is 7.34. The van der Waals surface area contributed by atoms with Gasteiger partial charge in [0.15, 0.2) is 0 Å². The largest absolute Gasteiger partial charge is 0.576 e. The van der Waals surface area contributed by atoms with E-state index in [-0.39, 0.29) is 7.69 Å². The van der Waals surface area contributed by atoms with Gasteiger partial charge in [0.2, 0.25) is 0 Å². The fraction of sp³-hybridized carbons (Fsp3) is 0.267. The Hall–Kier alpha value is -4.40. The Balaban J connectivity index is 1.49. The van der Waals surface area contributed by atoms with Crippen molar-refractivity contribution in [3.05, 3.63) is 72.8 Å². The molecule has 2 amide bonds. The van der Waals surface area contributed by atoms with Gasteiger partial charge in [-0.1, -0.05) is 48.5 Å². The Morgan fingerprint density at radius 3 is 1.28 bits per heavy atom. The average Bonchev–Trinajstić information content (AvgIpc) is 2.84. The molecule has 4 aromatic rings. The molecule has 0 aromatic heterocycles. The molecule has 39 heavy (non-hydrogen) atoms. The summed E-state index contributed by atoms with van der Waals surface area (Å²) in [4.78, 5) is 24.6. The van der Waals surface area contributed by atoms with Crippen LogP contribution in [0.5, 0.6) is 11.5 Å². The summed E-state index contributed by atoms with van der Waals surface area (Å²) in [5.74, 6) is 1.21. The highest BCUT2D eigenvalue weighted by atomic mass is 16.6. The molecule has 0 bridgehead atoms. The van der Waals surface area contributed by atoms with Gasteiger partial charge in [0.05, 0.1) is 11.4 Å². The molecule has 2 N–H and O–H groups in total.